The molecule has 0 unspecified atom stereocenters. The van der Waals surface area contributed by atoms with E-state index in [9.17, 15) is 4.79 Å². The van der Waals surface area contributed by atoms with Gasteiger partial charge >= 0.3 is 5.69 Å². The third-order valence-corrected chi connectivity index (χ3v) is 3.33. The summed E-state index contributed by atoms with van der Waals surface area (Å²) in [6.07, 6.45) is 3.45. The van der Waals surface area contributed by atoms with Crippen LogP contribution in [0.4, 0.5) is 0 Å². The molecule has 1 aliphatic carbocycles. The fourth-order valence-corrected chi connectivity index (χ4v) is 2.32. The molecular weight excluding hydrogens is 230 g/mol. The molecule has 0 N–H and O–H groups in total. The van der Waals surface area contributed by atoms with Crippen LogP contribution in [0, 0.1) is 0 Å². The molecule has 1 fully saturated rings. The summed E-state index contributed by atoms with van der Waals surface area (Å²) >= 11 is 0. The van der Waals surface area contributed by atoms with Gasteiger partial charge in [-0.25, -0.2) is 9.48 Å². The van der Waals surface area contributed by atoms with Crippen LogP contribution in [0.15, 0.2) is 41.5 Å². The fourth-order valence-electron chi connectivity index (χ4n) is 2.32. The van der Waals surface area contributed by atoms with Crippen molar-refractivity contribution in [3.05, 3.63) is 47.1 Å². The van der Waals surface area contributed by atoms with Gasteiger partial charge < -0.3 is 4.74 Å². The highest BCUT2D eigenvalue weighted by Gasteiger charge is 2.34. The van der Waals surface area contributed by atoms with Crippen molar-refractivity contribution in [3.8, 4) is 5.75 Å². The van der Waals surface area contributed by atoms with Crippen molar-refractivity contribution >= 4 is 0 Å². The molecule has 0 atom stereocenters. The lowest BCUT2D eigenvalue weighted by atomic mass is 9.89. The van der Waals surface area contributed by atoms with E-state index >= 15 is 0 Å². The van der Waals surface area contributed by atoms with Crippen molar-refractivity contribution in [1.82, 2.24) is 14.3 Å². The number of aryl methyl sites for hydroxylation is 1. The zero-order chi connectivity index (χ0) is 12.5. The molecule has 1 saturated carbocycles. The number of hydrogen-bond acceptors (Lipinski definition) is 3. The summed E-state index contributed by atoms with van der Waals surface area (Å²) in [4.78, 5) is 15.3. The molecule has 5 heteroatoms. The van der Waals surface area contributed by atoms with Gasteiger partial charge in [0.05, 0.1) is 6.04 Å². The first kappa shape index (κ1) is 11.1. The van der Waals surface area contributed by atoms with Crippen LogP contribution in [0.2, 0.25) is 0 Å². The molecule has 2 aromatic rings. The Labute approximate surface area is 105 Å². The van der Waals surface area contributed by atoms with Crippen molar-refractivity contribution in [3.63, 3.8) is 0 Å². The molecule has 0 amide bonds. The molecule has 0 aliphatic heterocycles. The first-order valence-corrected chi connectivity index (χ1v) is 6.06. The second-order valence-corrected chi connectivity index (χ2v) is 4.62. The van der Waals surface area contributed by atoms with Crippen molar-refractivity contribution in [2.45, 2.75) is 25.0 Å². The third kappa shape index (κ3) is 1.92. The van der Waals surface area contributed by atoms with E-state index in [0.29, 0.717) is 0 Å². The van der Waals surface area contributed by atoms with Crippen LogP contribution < -0.4 is 10.4 Å². The summed E-state index contributed by atoms with van der Waals surface area (Å²) in [5, 5.41) is 0. The smallest absolute Gasteiger partial charge is 0.364 e. The summed E-state index contributed by atoms with van der Waals surface area (Å²) in [5.41, 5.74) is -0.180. The molecule has 0 saturated heterocycles. The van der Waals surface area contributed by atoms with Gasteiger partial charge in [0, 0.05) is 19.9 Å². The molecule has 0 bridgehead atoms. The minimum absolute atomic E-state index is 0.180. The highest BCUT2D eigenvalue weighted by molar-refractivity contribution is 5.21. The van der Waals surface area contributed by atoms with Crippen LogP contribution >= 0.6 is 0 Å². The van der Waals surface area contributed by atoms with Crippen molar-refractivity contribution in [2.24, 2.45) is 7.05 Å². The largest absolute Gasteiger partial charge is 0.490 e. The predicted molar refractivity (Wildman–Crippen MR) is 66.6 cm³/mol. The van der Waals surface area contributed by atoms with Crippen LogP contribution in [0.5, 0.6) is 5.75 Å². The Morgan fingerprint density at radius 1 is 1.28 bits per heavy atom. The summed E-state index contributed by atoms with van der Waals surface area (Å²) in [5.74, 6) is 0.887. The van der Waals surface area contributed by atoms with E-state index in [-0.39, 0.29) is 17.8 Å². The van der Waals surface area contributed by atoms with Gasteiger partial charge in [-0.2, -0.15) is 4.98 Å². The molecular formula is C13H15N3O2. The van der Waals surface area contributed by atoms with Gasteiger partial charge in [-0.05, 0) is 12.1 Å². The first-order chi connectivity index (χ1) is 8.74. The predicted octanol–water partition coefficient (Wildman–Crippen LogP) is 1.36. The third-order valence-electron chi connectivity index (χ3n) is 3.33. The van der Waals surface area contributed by atoms with E-state index < -0.39 is 0 Å². The lowest BCUT2D eigenvalue weighted by molar-refractivity contribution is 0.0576. The Balaban J connectivity index is 1.63. The molecule has 5 nitrogen and oxygen atoms in total. The number of aromatic nitrogens is 3. The molecule has 1 aliphatic rings. The Morgan fingerprint density at radius 3 is 2.61 bits per heavy atom. The van der Waals surface area contributed by atoms with Crippen molar-refractivity contribution in [2.75, 3.05) is 0 Å². The maximum Gasteiger partial charge on any atom is 0.364 e. The fraction of sp³-hybridized carbons (Fsp3) is 0.385. The zero-order valence-corrected chi connectivity index (χ0v) is 10.2. The maximum atomic E-state index is 11.5. The number of hydrogen-bond donors (Lipinski definition) is 0. The van der Waals surface area contributed by atoms with E-state index in [2.05, 4.69) is 4.98 Å². The van der Waals surface area contributed by atoms with E-state index in [1.165, 1.54) is 0 Å². The Kier molecular flexibility index (Phi) is 2.66. The minimum Gasteiger partial charge on any atom is -0.490 e. The van der Waals surface area contributed by atoms with Crippen molar-refractivity contribution in [1.29, 1.82) is 0 Å². The quantitative estimate of drug-likeness (QED) is 0.820. The van der Waals surface area contributed by atoms with Gasteiger partial charge in [-0.3, -0.25) is 4.68 Å². The standard InChI is InChI=1S/C13H15N3O2/c1-15-9-14-13(17)16(15)10-7-12(8-10)18-11-5-3-2-4-6-11/h2-6,9-10,12H,7-8H2,1H3. The zero-order valence-electron chi connectivity index (χ0n) is 10.2. The van der Waals surface area contributed by atoms with E-state index in [0.717, 1.165) is 18.6 Å². The molecule has 0 radical (unpaired) electrons. The number of benzene rings is 1. The van der Waals surface area contributed by atoms with Gasteiger partial charge in [-0.1, -0.05) is 18.2 Å². The topological polar surface area (TPSA) is 49.0 Å². The number of ether oxygens (including phenoxy) is 1. The van der Waals surface area contributed by atoms with Crippen LogP contribution in [0.1, 0.15) is 18.9 Å². The highest BCUT2D eigenvalue weighted by atomic mass is 16.5. The molecule has 94 valence electrons. The van der Waals surface area contributed by atoms with Gasteiger partial charge in [0.25, 0.3) is 0 Å². The van der Waals surface area contributed by atoms with E-state index in [1.807, 2.05) is 37.4 Å². The molecule has 18 heavy (non-hydrogen) atoms. The van der Waals surface area contributed by atoms with Gasteiger partial charge in [0.15, 0.2) is 0 Å². The maximum absolute atomic E-state index is 11.5. The summed E-state index contributed by atoms with van der Waals surface area (Å²) in [7, 11) is 1.83. The number of para-hydroxylation sites is 1. The molecule has 3 rings (SSSR count). The summed E-state index contributed by atoms with van der Waals surface area (Å²) < 4.78 is 9.24. The normalized spacial score (nSPS) is 22.5. The van der Waals surface area contributed by atoms with Gasteiger partial charge in [0.1, 0.15) is 18.2 Å². The average molecular weight is 245 g/mol. The minimum atomic E-state index is -0.180. The van der Waals surface area contributed by atoms with E-state index in [4.69, 9.17) is 4.74 Å². The van der Waals surface area contributed by atoms with Crippen LogP contribution in [0.25, 0.3) is 0 Å². The number of nitrogens with zero attached hydrogens (tertiary/aromatic N) is 3. The van der Waals surface area contributed by atoms with Crippen molar-refractivity contribution < 1.29 is 4.74 Å². The highest BCUT2D eigenvalue weighted by Crippen LogP contribution is 2.34. The Morgan fingerprint density at radius 2 is 2.00 bits per heavy atom. The van der Waals surface area contributed by atoms with Crippen LogP contribution in [-0.2, 0) is 7.05 Å². The molecule has 1 aromatic heterocycles. The Hall–Kier alpha value is -2.04. The molecule has 0 spiro atoms. The first-order valence-electron chi connectivity index (χ1n) is 6.06. The molecule has 1 heterocycles. The van der Waals surface area contributed by atoms with Gasteiger partial charge in [-0.15, -0.1) is 0 Å². The monoisotopic (exact) mass is 245 g/mol. The SMILES string of the molecule is Cn1cnc(=O)n1C1CC(Oc2ccccc2)C1. The average Bonchev–Trinajstić information content (AvgIpc) is 2.65. The number of rotatable bonds is 3. The summed E-state index contributed by atoms with van der Waals surface area (Å²) in [6.45, 7) is 0. The Bertz CT molecular complexity index is 582. The lowest BCUT2D eigenvalue weighted by Crippen LogP contribution is -2.41. The van der Waals surface area contributed by atoms with Gasteiger partial charge in [0.2, 0.25) is 0 Å². The molecule has 1 aromatic carbocycles. The lowest BCUT2D eigenvalue weighted by Gasteiger charge is -2.35. The summed E-state index contributed by atoms with van der Waals surface area (Å²) in [6, 6.07) is 9.98. The second kappa shape index (κ2) is 4.33. The van der Waals surface area contributed by atoms with Crippen LogP contribution in [-0.4, -0.2) is 20.5 Å². The van der Waals surface area contributed by atoms with Crippen LogP contribution in [0.3, 0.4) is 0 Å². The van der Waals surface area contributed by atoms with E-state index in [1.54, 1.807) is 15.7 Å². The second-order valence-electron chi connectivity index (χ2n) is 4.62.